The van der Waals surface area contributed by atoms with Crippen molar-refractivity contribution in [2.45, 2.75) is 45.9 Å². The molecule has 0 fully saturated rings. The molecule has 1 amide bonds. The number of hydrogen-bond donors (Lipinski definition) is 2. The van der Waals surface area contributed by atoms with Crippen LogP contribution in [0.25, 0.3) is 0 Å². The number of aromatic nitrogens is 5. The van der Waals surface area contributed by atoms with Crippen molar-refractivity contribution < 1.29 is 4.79 Å². The Labute approximate surface area is 128 Å². The van der Waals surface area contributed by atoms with Crippen molar-refractivity contribution in [2.75, 3.05) is 6.54 Å². The van der Waals surface area contributed by atoms with E-state index in [2.05, 4.69) is 39.7 Å². The molecule has 0 aliphatic carbocycles. The Bertz CT molecular complexity index is 649. The van der Waals surface area contributed by atoms with Crippen molar-refractivity contribution in [1.29, 1.82) is 0 Å². The Hall–Kier alpha value is -2.22. The molecule has 3 heterocycles. The van der Waals surface area contributed by atoms with Gasteiger partial charge in [0.1, 0.15) is 17.8 Å². The molecular formula is C14H21N7O. The summed E-state index contributed by atoms with van der Waals surface area (Å²) in [6, 6.07) is 0.0181. The largest absolute Gasteiger partial charge is 0.341 e. The van der Waals surface area contributed by atoms with E-state index in [1.54, 1.807) is 6.33 Å². The van der Waals surface area contributed by atoms with Crippen molar-refractivity contribution in [3.8, 4) is 0 Å². The van der Waals surface area contributed by atoms with E-state index in [9.17, 15) is 4.79 Å². The van der Waals surface area contributed by atoms with E-state index in [4.69, 9.17) is 0 Å². The lowest BCUT2D eigenvalue weighted by Gasteiger charge is -2.16. The highest BCUT2D eigenvalue weighted by molar-refractivity contribution is 5.92. The molecule has 1 aliphatic rings. The lowest BCUT2D eigenvalue weighted by Crippen LogP contribution is -2.29. The molecule has 2 N–H and O–H groups in total. The van der Waals surface area contributed by atoms with Crippen LogP contribution in [0.1, 0.15) is 55.0 Å². The molecule has 3 rings (SSSR count). The predicted molar refractivity (Wildman–Crippen MR) is 80.2 cm³/mol. The van der Waals surface area contributed by atoms with Crippen LogP contribution in [-0.4, -0.2) is 36.8 Å². The van der Waals surface area contributed by atoms with Crippen molar-refractivity contribution in [1.82, 2.24) is 34.9 Å². The summed E-state index contributed by atoms with van der Waals surface area (Å²) >= 11 is 0. The fourth-order valence-corrected chi connectivity index (χ4v) is 2.59. The summed E-state index contributed by atoms with van der Waals surface area (Å²) in [5.74, 6) is 1.45. The molecule has 0 bridgehead atoms. The van der Waals surface area contributed by atoms with Crippen LogP contribution in [0.5, 0.6) is 0 Å². The van der Waals surface area contributed by atoms with Gasteiger partial charge in [0, 0.05) is 25.3 Å². The van der Waals surface area contributed by atoms with E-state index < -0.39 is 0 Å². The van der Waals surface area contributed by atoms with Gasteiger partial charge in [0.15, 0.2) is 5.82 Å². The third kappa shape index (κ3) is 2.74. The highest BCUT2D eigenvalue weighted by atomic mass is 16.2. The Kier molecular flexibility index (Phi) is 3.93. The first-order chi connectivity index (χ1) is 10.6. The van der Waals surface area contributed by atoms with Gasteiger partial charge in [-0.25, -0.2) is 4.98 Å². The standard InChI is InChI=1S/C14H21N7O/c1-9(2)21-8-16-19-13(21)10(3)17-14(22)11-7-20-5-4-15-6-12(20)18-11/h7-10,15H,4-6H2,1-3H3,(H,17,22)/t10-/m0/s1. The van der Waals surface area contributed by atoms with Crippen LogP contribution in [0.3, 0.4) is 0 Å². The van der Waals surface area contributed by atoms with E-state index in [-0.39, 0.29) is 18.0 Å². The minimum atomic E-state index is -0.228. The van der Waals surface area contributed by atoms with Gasteiger partial charge in [-0.2, -0.15) is 0 Å². The van der Waals surface area contributed by atoms with Crippen LogP contribution in [0.4, 0.5) is 0 Å². The van der Waals surface area contributed by atoms with E-state index in [1.807, 2.05) is 22.3 Å². The minimum absolute atomic E-state index is 0.187. The van der Waals surface area contributed by atoms with Gasteiger partial charge in [0.25, 0.3) is 5.91 Å². The number of carbonyl (C=O) groups is 1. The van der Waals surface area contributed by atoms with Gasteiger partial charge < -0.3 is 19.8 Å². The molecule has 0 unspecified atom stereocenters. The van der Waals surface area contributed by atoms with Crippen molar-refractivity contribution in [3.05, 3.63) is 29.9 Å². The van der Waals surface area contributed by atoms with E-state index in [0.717, 1.165) is 24.7 Å². The summed E-state index contributed by atoms with van der Waals surface area (Å²) < 4.78 is 3.97. The lowest BCUT2D eigenvalue weighted by atomic mass is 10.2. The van der Waals surface area contributed by atoms with Crippen molar-refractivity contribution >= 4 is 5.91 Å². The van der Waals surface area contributed by atoms with Crippen LogP contribution in [-0.2, 0) is 13.1 Å². The molecule has 22 heavy (non-hydrogen) atoms. The first kappa shape index (κ1) is 14.7. The molecule has 1 atom stereocenters. The molecular weight excluding hydrogens is 282 g/mol. The van der Waals surface area contributed by atoms with Crippen LogP contribution in [0.2, 0.25) is 0 Å². The number of rotatable bonds is 4. The number of nitrogens with one attached hydrogen (secondary N) is 2. The first-order valence-electron chi connectivity index (χ1n) is 7.53. The first-order valence-corrected chi connectivity index (χ1v) is 7.53. The summed E-state index contributed by atoms with van der Waals surface area (Å²) in [5.41, 5.74) is 0.446. The van der Waals surface area contributed by atoms with E-state index in [1.165, 1.54) is 0 Å². The lowest BCUT2D eigenvalue weighted by molar-refractivity contribution is 0.0932. The molecule has 8 nitrogen and oxygen atoms in total. The average Bonchev–Trinajstić information content (AvgIpc) is 3.13. The van der Waals surface area contributed by atoms with E-state index in [0.29, 0.717) is 12.2 Å². The van der Waals surface area contributed by atoms with Gasteiger partial charge in [-0.1, -0.05) is 0 Å². The fourth-order valence-electron chi connectivity index (χ4n) is 2.59. The zero-order valence-corrected chi connectivity index (χ0v) is 13.1. The Balaban J connectivity index is 1.73. The number of imidazole rings is 1. The number of fused-ring (bicyclic) bond motifs is 1. The summed E-state index contributed by atoms with van der Waals surface area (Å²) in [6.07, 6.45) is 3.50. The highest BCUT2D eigenvalue weighted by Gasteiger charge is 2.21. The number of carbonyl (C=O) groups excluding carboxylic acids is 1. The van der Waals surface area contributed by atoms with Crippen LogP contribution < -0.4 is 10.6 Å². The smallest absolute Gasteiger partial charge is 0.272 e. The van der Waals surface area contributed by atoms with Crippen molar-refractivity contribution in [3.63, 3.8) is 0 Å². The molecule has 1 aliphatic heterocycles. The Morgan fingerprint density at radius 1 is 1.41 bits per heavy atom. The number of nitrogens with zero attached hydrogens (tertiary/aromatic N) is 5. The Morgan fingerprint density at radius 3 is 2.95 bits per heavy atom. The summed E-state index contributed by atoms with van der Waals surface area (Å²) in [4.78, 5) is 16.8. The molecule has 0 radical (unpaired) electrons. The van der Waals surface area contributed by atoms with Gasteiger partial charge in [0.05, 0.1) is 12.6 Å². The third-order valence-corrected chi connectivity index (χ3v) is 3.80. The SMILES string of the molecule is CC(C)n1cnnc1[C@H](C)NC(=O)c1cn2c(n1)CNCC2. The van der Waals surface area contributed by atoms with E-state index >= 15 is 0 Å². The Morgan fingerprint density at radius 2 is 2.23 bits per heavy atom. The zero-order chi connectivity index (χ0) is 15.7. The third-order valence-electron chi connectivity index (χ3n) is 3.80. The topological polar surface area (TPSA) is 89.7 Å². The number of hydrogen-bond acceptors (Lipinski definition) is 5. The molecule has 2 aromatic rings. The van der Waals surface area contributed by atoms with Gasteiger partial charge in [0.2, 0.25) is 0 Å². The van der Waals surface area contributed by atoms with Crippen LogP contribution in [0.15, 0.2) is 12.5 Å². The van der Waals surface area contributed by atoms with Gasteiger partial charge in [-0.15, -0.1) is 10.2 Å². The fraction of sp³-hybridized carbons (Fsp3) is 0.571. The summed E-state index contributed by atoms with van der Waals surface area (Å²) in [6.45, 7) is 8.45. The minimum Gasteiger partial charge on any atom is -0.341 e. The second kappa shape index (κ2) is 5.88. The molecule has 0 saturated carbocycles. The van der Waals surface area contributed by atoms with Crippen LogP contribution in [0, 0.1) is 0 Å². The maximum absolute atomic E-state index is 12.4. The summed E-state index contributed by atoms with van der Waals surface area (Å²) in [7, 11) is 0. The quantitative estimate of drug-likeness (QED) is 0.865. The summed E-state index contributed by atoms with van der Waals surface area (Å²) in [5, 5.41) is 14.2. The molecule has 2 aromatic heterocycles. The van der Waals surface area contributed by atoms with Gasteiger partial charge in [-0.3, -0.25) is 4.79 Å². The second-order valence-corrected chi connectivity index (χ2v) is 5.80. The molecule has 8 heteroatoms. The molecule has 118 valence electrons. The second-order valence-electron chi connectivity index (χ2n) is 5.80. The van der Waals surface area contributed by atoms with Gasteiger partial charge in [-0.05, 0) is 20.8 Å². The predicted octanol–water partition coefficient (Wildman–Crippen LogP) is 0.650. The number of amides is 1. The van der Waals surface area contributed by atoms with Crippen molar-refractivity contribution in [2.24, 2.45) is 0 Å². The zero-order valence-electron chi connectivity index (χ0n) is 13.1. The highest BCUT2D eigenvalue weighted by Crippen LogP contribution is 2.15. The molecule has 0 aromatic carbocycles. The normalized spacial score (nSPS) is 15.6. The van der Waals surface area contributed by atoms with Crippen LogP contribution >= 0.6 is 0 Å². The van der Waals surface area contributed by atoms with Gasteiger partial charge >= 0.3 is 0 Å². The molecule has 0 spiro atoms. The maximum Gasteiger partial charge on any atom is 0.272 e. The average molecular weight is 303 g/mol. The maximum atomic E-state index is 12.4. The monoisotopic (exact) mass is 303 g/mol. The molecule has 0 saturated heterocycles.